The summed E-state index contributed by atoms with van der Waals surface area (Å²) in [7, 11) is 3.36. The molecule has 0 aliphatic heterocycles. The Balaban J connectivity index is 1.60. The summed E-state index contributed by atoms with van der Waals surface area (Å²) >= 11 is 0. The lowest BCUT2D eigenvalue weighted by Crippen LogP contribution is -2.36. The van der Waals surface area contributed by atoms with Gasteiger partial charge in [-0.15, -0.1) is 0 Å². The van der Waals surface area contributed by atoms with Crippen LogP contribution in [0.1, 0.15) is 37.7 Å². The molecule has 29 heavy (non-hydrogen) atoms. The van der Waals surface area contributed by atoms with Crippen LogP contribution in [0.25, 0.3) is 21.5 Å². The van der Waals surface area contributed by atoms with Crippen molar-refractivity contribution < 1.29 is 19.0 Å². The zero-order valence-electron chi connectivity index (χ0n) is 17.0. The Hall–Kier alpha value is -2.95. The van der Waals surface area contributed by atoms with Gasteiger partial charge in [-0.2, -0.15) is 0 Å². The second-order valence-corrected chi connectivity index (χ2v) is 7.55. The van der Waals surface area contributed by atoms with Crippen LogP contribution >= 0.6 is 0 Å². The predicted octanol–water partition coefficient (Wildman–Crippen LogP) is 5.57. The molecule has 1 aliphatic carbocycles. The number of hydrogen-bond donors (Lipinski definition) is 1. The first-order valence-corrected chi connectivity index (χ1v) is 10.2. The third kappa shape index (κ3) is 3.95. The Labute approximate surface area is 170 Å². The van der Waals surface area contributed by atoms with Gasteiger partial charge in [0.25, 0.3) is 0 Å². The molecule has 1 N–H and O–H groups in total. The van der Waals surface area contributed by atoms with Crippen LogP contribution < -0.4 is 14.8 Å². The monoisotopic (exact) mass is 393 g/mol. The minimum atomic E-state index is -0.347. The van der Waals surface area contributed by atoms with Crippen LogP contribution in [0.4, 0.5) is 4.79 Å². The van der Waals surface area contributed by atoms with Gasteiger partial charge in [0.15, 0.2) is 0 Å². The van der Waals surface area contributed by atoms with Crippen molar-refractivity contribution >= 4 is 27.6 Å². The van der Waals surface area contributed by atoms with Crippen LogP contribution in [0.3, 0.4) is 0 Å². The van der Waals surface area contributed by atoms with Crippen LogP contribution in [0, 0.1) is 0 Å². The minimum Gasteiger partial charge on any atom is -0.495 e. The summed E-state index contributed by atoms with van der Waals surface area (Å²) in [5.41, 5.74) is 0.909. The molecule has 1 aliphatic rings. The van der Waals surface area contributed by atoms with Gasteiger partial charge in [-0.3, -0.25) is 0 Å². The van der Waals surface area contributed by atoms with E-state index in [4.69, 9.17) is 14.2 Å². The average molecular weight is 393 g/mol. The number of carbonyl (C=O) groups is 1. The summed E-state index contributed by atoms with van der Waals surface area (Å²) in [6.07, 6.45) is 5.32. The summed E-state index contributed by atoms with van der Waals surface area (Å²) in [4.78, 5) is 12.2. The normalized spacial score (nSPS) is 14.7. The van der Waals surface area contributed by atoms with Gasteiger partial charge >= 0.3 is 6.09 Å². The summed E-state index contributed by atoms with van der Waals surface area (Å²) in [6.45, 7) is 0.215. The molecule has 1 amide bonds. The summed E-state index contributed by atoms with van der Waals surface area (Å²) in [5, 5.41) is 6.90. The highest BCUT2D eigenvalue weighted by molar-refractivity contribution is 6.11. The highest BCUT2D eigenvalue weighted by Crippen LogP contribution is 2.42. The topological polar surface area (TPSA) is 56.8 Å². The third-order valence-electron chi connectivity index (χ3n) is 5.69. The Morgan fingerprint density at radius 3 is 2.17 bits per heavy atom. The second-order valence-electron chi connectivity index (χ2n) is 7.55. The molecule has 0 atom stereocenters. The van der Waals surface area contributed by atoms with Crippen molar-refractivity contribution in [3.63, 3.8) is 0 Å². The van der Waals surface area contributed by atoms with Crippen molar-refractivity contribution in [1.29, 1.82) is 0 Å². The van der Waals surface area contributed by atoms with Gasteiger partial charge in [0.1, 0.15) is 18.1 Å². The van der Waals surface area contributed by atoms with Crippen molar-refractivity contribution in [1.82, 2.24) is 5.32 Å². The summed E-state index contributed by atoms with van der Waals surface area (Å²) in [5.74, 6) is 1.61. The van der Waals surface area contributed by atoms with Gasteiger partial charge in [0, 0.05) is 27.6 Å². The van der Waals surface area contributed by atoms with Crippen LogP contribution in [-0.2, 0) is 11.3 Å². The van der Waals surface area contributed by atoms with E-state index < -0.39 is 0 Å². The lowest BCUT2D eigenvalue weighted by molar-refractivity contribution is 0.133. The number of amides is 1. The molecule has 4 rings (SSSR count). The van der Waals surface area contributed by atoms with Crippen molar-refractivity contribution in [3.05, 3.63) is 48.0 Å². The van der Waals surface area contributed by atoms with Crippen molar-refractivity contribution in [2.45, 2.75) is 44.8 Å². The highest BCUT2D eigenvalue weighted by atomic mass is 16.5. The van der Waals surface area contributed by atoms with E-state index in [-0.39, 0.29) is 18.7 Å². The molecule has 0 radical (unpaired) electrons. The molecular weight excluding hydrogens is 366 g/mol. The first-order chi connectivity index (χ1) is 14.2. The number of hydrogen-bond acceptors (Lipinski definition) is 4. The van der Waals surface area contributed by atoms with Gasteiger partial charge in [-0.1, -0.05) is 55.7 Å². The SMILES string of the molecule is COc1c2ccccc2c(OC)c2cc(COC(=O)NC3CCCCC3)ccc12. The molecule has 0 heterocycles. The Morgan fingerprint density at radius 2 is 1.52 bits per heavy atom. The van der Waals surface area contributed by atoms with Crippen LogP contribution in [0.15, 0.2) is 42.5 Å². The maximum absolute atomic E-state index is 12.2. The second kappa shape index (κ2) is 8.60. The molecule has 5 heteroatoms. The van der Waals surface area contributed by atoms with Gasteiger partial charge in [-0.05, 0) is 24.5 Å². The Kier molecular flexibility index (Phi) is 5.74. The fraction of sp³-hybridized carbons (Fsp3) is 0.375. The largest absolute Gasteiger partial charge is 0.495 e. The number of rotatable bonds is 5. The molecule has 0 bridgehead atoms. The summed E-state index contributed by atoms with van der Waals surface area (Å²) in [6, 6.07) is 14.2. The fourth-order valence-corrected chi connectivity index (χ4v) is 4.28. The smallest absolute Gasteiger partial charge is 0.407 e. The Bertz CT molecular complexity index is 1020. The maximum Gasteiger partial charge on any atom is 0.407 e. The standard InChI is InChI=1S/C24H27NO4/c1-27-22-18-10-6-7-11-19(18)23(28-2)21-14-16(12-13-20(21)22)15-29-24(26)25-17-8-4-3-5-9-17/h6-7,10-14,17H,3-5,8-9,15H2,1-2H3,(H,25,26). The molecule has 0 spiro atoms. The number of nitrogens with one attached hydrogen (secondary N) is 1. The Morgan fingerprint density at radius 1 is 0.897 bits per heavy atom. The molecule has 5 nitrogen and oxygen atoms in total. The lowest BCUT2D eigenvalue weighted by atomic mass is 9.96. The number of fused-ring (bicyclic) bond motifs is 2. The van der Waals surface area contributed by atoms with Gasteiger partial charge in [0.2, 0.25) is 0 Å². The predicted molar refractivity (Wildman–Crippen MR) is 115 cm³/mol. The van der Waals surface area contributed by atoms with Crippen LogP contribution in [-0.4, -0.2) is 26.4 Å². The van der Waals surface area contributed by atoms with E-state index in [9.17, 15) is 4.79 Å². The third-order valence-corrected chi connectivity index (χ3v) is 5.69. The van der Waals surface area contributed by atoms with E-state index in [0.29, 0.717) is 0 Å². The number of methoxy groups -OCH3 is 2. The highest BCUT2D eigenvalue weighted by Gasteiger charge is 2.18. The molecule has 0 unspecified atom stereocenters. The summed E-state index contributed by atoms with van der Waals surface area (Å²) < 4.78 is 16.9. The average Bonchev–Trinajstić information content (AvgIpc) is 2.76. The van der Waals surface area contributed by atoms with E-state index in [2.05, 4.69) is 5.32 Å². The molecule has 3 aromatic carbocycles. The van der Waals surface area contributed by atoms with Crippen molar-refractivity contribution in [2.75, 3.05) is 14.2 Å². The molecule has 1 saturated carbocycles. The molecule has 0 saturated heterocycles. The zero-order chi connectivity index (χ0) is 20.2. The lowest BCUT2D eigenvalue weighted by Gasteiger charge is -2.22. The minimum absolute atomic E-state index is 0.215. The van der Waals surface area contributed by atoms with Crippen LogP contribution in [0.5, 0.6) is 11.5 Å². The number of ether oxygens (including phenoxy) is 3. The quantitative estimate of drug-likeness (QED) is 0.576. The maximum atomic E-state index is 12.2. The van der Waals surface area contributed by atoms with Gasteiger partial charge in [0.05, 0.1) is 14.2 Å². The fourth-order valence-electron chi connectivity index (χ4n) is 4.28. The van der Waals surface area contributed by atoms with E-state index in [0.717, 1.165) is 51.4 Å². The van der Waals surface area contributed by atoms with Crippen molar-refractivity contribution in [2.24, 2.45) is 0 Å². The van der Waals surface area contributed by atoms with Gasteiger partial charge in [-0.25, -0.2) is 4.79 Å². The van der Waals surface area contributed by atoms with E-state index in [1.807, 2.05) is 42.5 Å². The van der Waals surface area contributed by atoms with E-state index in [1.165, 1.54) is 19.3 Å². The molecule has 1 fully saturated rings. The van der Waals surface area contributed by atoms with Crippen molar-refractivity contribution in [3.8, 4) is 11.5 Å². The number of carbonyl (C=O) groups excluding carboxylic acids is 1. The first kappa shape index (κ1) is 19.4. The molecular formula is C24H27NO4. The van der Waals surface area contributed by atoms with E-state index in [1.54, 1.807) is 14.2 Å². The van der Waals surface area contributed by atoms with E-state index >= 15 is 0 Å². The van der Waals surface area contributed by atoms with Gasteiger partial charge < -0.3 is 19.5 Å². The first-order valence-electron chi connectivity index (χ1n) is 10.2. The molecule has 3 aromatic rings. The number of alkyl carbamates (subject to hydrolysis) is 1. The van der Waals surface area contributed by atoms with Crippen LogP contribution in [0.2, 0.25) is 0 Å². The molecule has 152 valence electrons. The zero-order valence-corrected chi connectivity index (χ0v) is 17.0. The number of benzene rings is 3. The molecule has 0 aromatic heterocycles.